The highest BCUT2D eigenvalue weighted by molar-refractivity contribution is 5.91. The first kappa shape index (κ1) is 18.4. The summed E-state index contributed by atoms with van der Waals surface area (Å²) in [6, 6.07) is 12.9. The lowest BCUT2D eigenvalue weighted by molar-refractivity contribution is -0.129. The van der Waals surface area contributed by atoms with Crippen molar-refractivity contribution >= 4 is 17.4 Å². The second kappa shape index (κ2) is 6.72. The Morgan fingerprint density at radius 2 is 1.86 bits per heavy atom. The first-order chi connectivity index (χ1) is 14.0. The topological polar surface area (TPSA) is 69.4 Å². The number of benzene rings is 2. The molecule has 3 aliphatic rings. The van der Waals surface area contributed by atoms with E-state index in [9.17, 15) is 9.59 Å². The number of hydrogen-bond acceptors (Lipinski definition) is 4. The van der Waals surface area contributed by atoms with Gasteiger partial charge in [0.05, 0.1) is 5.56 Å². The maximum atomic E-state index is 12.5. The van der Waals surface area contributed by atoms with Crippen LogP contribution in [0.4, 0.5) is 5.69 Å². The van der Waals surface area contributed by atoms with E-state index < -0.39 is 0 Å². The summed E-state index contributed by atoms with van der Waals surface area (Å²) in [7, 11) is 0. The minimum absolute atomic E-state index is 0.0901. The van der Waals surface area contributed by atoms with Gasteiger partial charge in [0.25, 0.3) is 0 Å². The number of Topliss-reactive ketones (excluding diaryl/α,β-unsaturated/α-hetero) is 1. The monoisotopic (exact) mass is 389 g/mol. The molecule has 2 fully saturated rings. The first-order valence-corrected chi connectivity index (χ1v) is 10.7. The fourth-order valence-electron chi connectivity index (χ4n) is 6.18. The molecular formula is C25H27NO3. The van der Waals surface area contributed by atoms with E-state index in [1.165, 1.54) is 11.1 Å². The van der Waals surface area contributed by atoms with Crippen molar-refractivity contribution in [2.24, 2.45) is 17.3 Å². The van der Waals surface area contributed by atoms with Crippen LogP contribution in [-0.2, 0) is 11.2 Å². The molecule has 0 aliphatic heterocycles. The van der Waals surface area contributed by atoms with E-state index in [1.807, 2.05) is 12.1 Å². The quantitative estimate of drug-likeness (QED) is 0.450. The molecule has 150 valence electrons. The fourth-order valence-corrected chi connectivity index (χ4v) is 6.18. The van der Waals surface area contributed by atoms with Gasteiger partial charge in [-0.15, -0.1) is 0 Å². The fraction of sp³-hybridized carbons (Fsp3) is 0.440. The molecule has 0 saturated heterocycles. The Hall–Kier alpha value is -2.62. The van der Waals surface area contributed by atoms with Gasteiger partial charge < -0.3 is 10.5 Å². The molecule has 0 bridgehead atoms. The van der Waals surface area contributed by atoms with Crippen molar-refractivity contribution in [1.82, 2.24) is 0 Å². The van der Waals surface area contributed by atoms with Gasteiger partial charge in [0, 0.05) is 17.5 Å². The van der Waals surface area contributed by atoms with Crippen molar-refractivity contribution in [2.45, 2.75) is 51.4 Å². The van der Waals surface area contributed by atoms with Crippen molar-refractivity contribution < 1.29 is 14.3 Å². The molecule has 0 aromatic heterocycles. The Morgan fingerprint density at radius 1 is 1.07 bits per heavy atom. The minimum atomic E-state index is -0.364. The molecule has 2 aromatic carbocycles. The Labute approximate surface area is 171 Å². The second-order valence-electron chi connectivity index (χ2n) is 9.21. The van der Waals surface area contributed by atoms with Gasteiger partial charge in [-0.25, -0.2) is 4.79 Å². The zero-order valence-corrected chi connectivity index (χ0v) is 16.8. The van der Waals surface area contributed by atoms with Crippen LogP contribution in [0.15, 0.2) is 42.5 Å². The summed E-state index contributed by atoms with van der Waals surface area (Å²) >= 11 is 0. The molecule has 2 aromatic rings. The lowest BCUT2D eigenvalue weighted by Gasteiger charge is -2.48. The molecule has 0 spiro atoms. The smallest absolute Gasteiger partial charge is 0.343 e. The third kappa shape index (κ3) is 2.97. The highest BCUT2D eigenvalue weighted by Crippen LogP contribution is 2.59. The van der Waals surface area contributed by atoms with Gasteiger partial charge in [-0.2, -0.15) is 0 Å². The summed E-state index contributed by atoms with van der Waals surface area (Å²) in [5.74, 6) is 2.39. The van der Waals surface area contributed by atoms with Crippen molar-refractivity contribution in [2.75, 3.05) is 5.73 Å². The maximum Gasteiger partial charge on any atom is 0.343 e. The average Bonchev–Trinajstić information content (AvgIpc) is 3.03. The number of nitrogen functional groups attached to an aromatic ring is 1. The number of ether oxygens (including phenoxy) is 1. The van der Waals surface area contributed by atoms with E-state index in [0.29, 0.717) is 40.5 Å². The normalized spacial score (nSPS) is 30.2. The first-order valence-electron chi connectivity index (χ1n) is 10.7. The summed E-state index contributed by atoms with van der Waals surface area (Å²) < 4.78 is 5.62. The zero-order chi connectivity index (χ0) is 20.2. The van der Waals surface area contributed by atoms with Gasteiger partial charge in [-0.3, -0.25) is 4.79 Å². The Balaban J connectivity index is 1.36. The summed E-state index contributed by atoms with van der Waals surface area (Å²) in [6.45, 7) is 2.21. The van der Waals surface area contributed by atoms with Crippen LogP contribution in [0, 0.1) is 17.3 Å². The zero-order valence-electron chi connectivity index (χ0n) is 16.8. The highest BCUT2D eigenvalue weighted by atomic mass is 16.5. The standard InChI is InChI=1S/C25H27NO3/c1-25-13-12-20-19-9-7-18(29-24(28)15-2-5-17(26)6-3-15)14-16(19)4-8-21(20)22(25)10-11-23(25)27/h2-3,5-7,9,14,20-22H,4,8,10-13,26H2,1H3/t20-,21-,22+,25+/m1/s1. The lowest BCUT2D eigenvalue weighted by Crippen LogP contribution is -2.42. The number of hydrogen-bond donors (Lipinski definition) is 1. The summed E-state index contributed by atoms with van der Waals surface area (Å²) in [4.78, 5) is 24.9. The van der Waals surface area contributed by atoms with Crippen LogP contribution in [0.5, 0.6) is 5.75 Å². The molecule has 3 aliphatic carbocycles. The number of aryl methyl sites for hydroxylation is 1. The lowest BCUT2D eigenvalue weighted by atomic mass is 9.55. The number of carbonyl (C=O) groups is 2. The Kier molecular flexibility index (Phi) is 4.27. The van der Waals surface area contributed by atoms with E-state index >= 15 is 0 Å². The number of fused-ring (bicyclic) bond motifs is 5. The van der Waals surface area contributed by atoms with E-state index in [0.717, 1.165) is 38.5 Å². The van der Waals surface area contributed by atoms with Crippen molar-refractivity contribution in [3.05, 3.63) is 59.2 Å². The van der Waals surface area contributed by atoms with Gasteiger partial charge in [-0.05, 0) is 97.4 Å². The number of anilines is 1. The van der Waals surface area contributed by atoms with E-state index in [2.05, 4.69) is 13.0 Å². The number of carbonyl (C=O) groups excluding carboxylic acids is 2. The molecule has 5 rings (SSSR count). The van der Waals surface area contributed by atoms with Gasteiger partial charge in [0.2, 0.25) is 0 Å². The van der Waals surface area contributed by atoms with Crippen LogP contribution >= 0.6 is 0 Å². The van der Waals surface area contributed by atoms with Crippen LogP contribution in [0.25, 0.3) is 0 Å². The highest BCUT2D eigenvalue weighted by Gasteiger charge is 2.54. The molecule has 4 nitrogen and oxygen atoms in total. The SMILES string of the molecule is C[C@]12CC[C@@H]3c4ccc(OC(=O)c5ccc(N)cc5)cc4CC[C@H]3[C@@H]1CCC2=O. The number of ketones is 1. The number of esters is 1. The van der Waals surface area contributed by atoms with Crippen molar-refractivity contribution in [3.63, 3.8) is 0 Å². The van der Waals surface area contributed by atoms with Crippen LogP contribution in [-0.4, -0.2) is 11.8 Å². The van der Waals surface area contributed by atoms with E-state index in [1.54, 1.807) is 24.3 Å². The van der Waals surface area contributed by atoms with Crippen molar-refractivity contribution in [3.8, 4) is 5.75 Å². The molecule has 2 saturated carbocycles. The van der Waals surface area contributed by atoms with E-state index in [-0.39, 0.29) is 11.4 Å². The molecule has 0 amide bonds. The average molecular weight is 389 g/mol. The predicted octanol–water partition coefficient (Wildman–Crippen LogP) is 4.91. The van der Waals surface area contributed by atoms with Gasteiger partial charge in [0.1, 0.15) is 11.5 Å². The van der Waals surface area contributed by atoms with E-state index in [4.69, 9.17) is 10.5 Å². The molecule has 0 radical (unpaired) electrons. The largest absolute Gasteiger partial charge is 0.423 e. The molecular weight excluding hydrogens is 362 g/mol. The van der Waals surface area contributed by atoms with Crippen LogP contribution < -0.4 is 10.5 Å². The minimum Gasteiger partial charge on any atom is -0.423 e. The van der Waals surface area contributed by atoms with Crippen LogP contribution in [0.2, 0.25) is 0 Å². The predicted molar refractivity (Wildman–Crippen MR) is 112 cm³/mol. The molecule has 4 heteroatoms. The van der Waals surface area contributed by atoms with Gasteiger partial charge >= 0.3 is 5.97 Å². The molecule has 2 N–H and O–H groups in total. The molecule has 29 heavy (non-hydrogen) atoms. The summed E-state index contributed by atoms with van der Waals surface area (Å²) in [5.41, 5.74) is 9.41. The number of rotatable bonds is 2. The third-order valence-electron chi connectivity index (χ3n) is 7.76. The molecule has 0 unspecified atom stereocenters. The Bertz CT molecular complexity index is 980. The summed E-state index contributed by atoms with van der Waals surface area (Å²) in [6.07, 6.45) is 6.03. The van der Waals surface area contributed by atoms with Gasteiger partial charge in [-0.1, -0.05) is 13.0 Å². The maximum absolute atomic E-state index is 12.5. The summed E-state index contributed by atoms with van der Waals surface area (Å²) in [5, 5.41) is 0. The Morgan fingerprint density at radius 3 is 2.66 bits per heavy atom. The van der Waals surface area contributed by atoms with Gasteiger partial charge in [0.15, 0.2) is 0 Å². The molecule has 0 heterocycles. The third-order valence-corrected chi connectivity index (χ3v) is 7.76. The van der Waals surface area contributed by atoms with Crippen LogP contribution in [0.3, 0.4) is 0 Å². The molecule has 4 atom stereocenters. The van der Waals surface area contributed by atoms with Crippen molar-refractivity contribution in [1.29, 1.82) is 0 Å². The number of nitrogens with two attached hydrogens (primary N) is 1. The second-order valence-corrected chi connectivity index (χ2v) is 9.21. The van der Waals surface area contributed by atoms with Crippen LogP contribution in [0.1, 0.15) is 66.4 Å².